The van der Waals surface area contributed by atoms with Gasteiger partial charge in [0.2, 0.25) is 5.91 Å². The highest BCUT2D eigenvalue weighted by molar-refractivity contribution is 6.04. The maximum atomic E-state index is 12.5. The largest absolute Gasteiger partial charge is 0.478 e. The average Bonchev–Trinajstić information content (AvgIpc) is 2.53. The maximum Gasteiger partial charge on any atom is 0.338 e. The molecule has 1 saturated heterocycles. The normalized spacial score (nSPS) is 18.1. The zero-order chi connectivity index (χ0) is 15.4. The Morgan fingerprint density at radius 1 is 1.48 bits per heavy atom. The first kappa shape index (κ1) is 14.9. The number of carbonyl (C=O) groups is 3. The van der Waals surface area contributed by atoms with Gasteiger partial charge in [-0.3, -0.25) is 14.6 Å². The molecule has 1 unspecified atom stereocenters. The van der Waals surface area contributed by atoms with Crippen LogP contribution in [0.15, 0.2) is 18.3 Å². The van der Waals surface area contributed by atoms with Gasteiger partial charge in [-0.05, 0) is 12.1 Å². The van der Waals surface area contributed by atoms with Crippen LogP contribution in [0.25, 0.3) is 0 Å². The first-order valence-electron chi connectivity index (χ1n) is 6.35. The number of aromatic carboxylic acids is 1. The number of carboxylic acids is 1. The fraction of sp³-hybridized carbons (Fsp3) is 0.385. The van der Waals surface area contributed by atoms with Gasteiger partial charge in [0.05, 0.1) is 18.8 Å². The van der Waals surface area contributed by atoms with Crippen LogP contribution in [0.1, 0.15) is 20.8 Å². The minimum absolute atomic E-state index is 0.0701. The summed E-state index contributed by atoms with van der Waals surface area (Å²) in [6, 6.07) is 1.95. The van der Waals surface area contributed by atoms with E-state index < -0.39 is 17.9 Å². The van der Waals surface area contributed by atoms with Crippen molar-refractivity contribution in [1.82, 2.24) is 15.2 Å². The summed E-state index contributed by atoms with van der Waals surface area (Å²) in [5.74, 6) is -2.20. The van der Waals surface area contributed by atoms with E-state index >= 15 is 0 Å². The Balaban J connectivity index is 2.33. The third-order valence-corrected chi connectivity index (χ3v) is 3.18. The van der Waals surface area contributed by atoms with Gasteiger partial charge in [0.15, 0.2) is 0 Å². The van der Waals surface area contributed by atoms with Gasteiger partial charge >= 0.3 is 5.97 Å². The van der Waals surface area contributed by atoms with Crippen molar-refractivity contribution < 1.29 is 24.2 Å². The zero-order valence-electron chi connectivity index (χ0n) is 11.4. The molecule has 2 heterocycles. The lowest BCUT2D eigenvalue weighted by Crippen LogP contribution is -2.55. The van der Waals surface area contributed by atoms with Crippen LogP contribution in [0.2, 0.25) is 0 Å². The van der Waals surface area contributed by atoms with E-state index in [1.54, 1.807) is 0 Å². The van der Waals surface area contributed by atoms with E-state index in [0.29, 0.717) is 0 Å². The molecule has 2 amide bonds. The van der Waals surface area contributed by atoms with E-state index in [4.69, 9.17) is 9.84 Å². The maximum absolute atomic E-state index is 12.5. The smallest absolute Gasteiger partial charge is 0.338 e. The molecule has 8 heteroatoms. The van der Waals surface area contributed by atoms with Gasteiger partial charge < -0.3 is 20.1 Å². The Labute approximate surface area is 120 Å². The van der Waals surface area contributed by atoms with Crippen molar-refractivity contribution in [3.63, 3.8) is 0 Å². The number of rotatable bonds is 3. The number of nitrogens with one attached hydrogen (secondary N) is 1. The number of ether oxygens (including phenoxy) is 1. The van der Waals surface area contributed by atoms with Gasteiger partial charge in [-0.1, -0.05) is 0 Å². The van der Waals surface area contributed by atoms with Gasteiger partial charge in [0.25, 0.3) is 5.91 Å². The predicted molar refractivity (Wildman–Crippen MR) is 70.9 cm³/mol. The van der Waals surface area contributed by atoms with Crippen molar-refractivity contribution in [2.45, 2.75) is 6.04 Å². The lowest BCUT2D eigenvalue weighted by atomic mass is 10.1. The topological polar surface area (TPSA) is 109 Å². The number of hydrogen-bond acceptors (Lipinski definition) is 5. The zero-order valence-corrected chi connectivity index (χ0v) is 11.4. The fourth-order valence-corrected chi connectivity index (χ4v) is 2.11. The van der Waals surface area contributed by atoms with E-state index in [0.717, 1.165) is 0 Å². The molecule has 1 aromatic heterocycles. The molecule has 0 aromatic carbocycles. The third-order valence-electron chi connectivity index (χ3n) is 3.18. The van der Waals surface area contributed by atoms with Gasteiger partial charge in [-0.2, -0.15) is 0 Å². The molecule has 21 heavy (non-hydrogen) atoms. The van der Waals surface area contributed by atoms with Crippen molar-refractivity contribution >= 4 is 17.8 Å². The molecule has 112 valence electrons. The Kier molecular flexibility index (Phi) is 4.49. The first-order chi connectivity index (χ1) is 10.1. The second-order valence-corrected chi connectivity index (χ2v) is 4.41. The summed E-state index contributed by atoms with van der Waals surface area (Å²) in [5, 5.41) is 11.6. The van der Waals surface area contributed by atoms with E-state index in [2.05, 4.69) is 10.3 Å². The molecular formula is C13H15N3O5. The highest BCUT2D eigenvalue weighted by Gasteiger charge is 2.34. The van der Waals surface area contributed by atoms with Crippen LogP contribution in [-0.4, -0.2) is 65.6 Å². The molecular weight excluding hydrogens is 278 g/mol. The molecule has 0 bridgehead atoms. The number of hydrogen-bond donors (Lipinski definition) is 2. The summed E-state index contributed by atoms with van der Waals surface area (Å²) >= 11 is 0. The van der Waals surface area contributed by atoms with Crippen LogP contribution >= 0.6 is 0 Å². The quantitative estimate of drug-likeness (QED) is 0.768. The van der Waals surface area contributed by atoms with Gasteiger partial charge in [-0.15, -0.1) is 0 Å². The second kappa shape index (κ2) is 6.31. The van der Waals surface area contributed by atoms with Crippen molar-refractivity contribution in [1.29, 1.82) is 0 Å². The summed E-state index contributed by atoms with van der Waals surface area (Å²) < 4.78 is 5.21. The Hall–Kier alpha value is -2.48. The number of likely N-dealkylation sites (N-methyl/N-ethyl adjacent to an activating group) is 1. The number of carbonyl (C=O) groups excluding carboxylic acids is 2. The molecule has 0 saturated carbocycles. The lowest BCUT2D eigenvalue weighted by Gasteiger charge is -2.34. The molecule has 0 aliphatic carbocycles. The molecule has 1 aliphatic rings. The molecule has 0 spiro atoms. The fourth-order valence-electron chi connectivity index (χ4n) is 2.11. The van der Waals surface area contributed by atoms with E-state index in [1.165, 1.54) is 30.3 Å². The number of amides is 2. The highest BCUT2D eigenvalue weighted by Crippen LogP contribution is 2.14. The minimum Gasteiger partial charge on any atom is -0.478 e. The summed E-state index contributed by atoms with van der Waals surface area (Å²) in [5.41, 5.74) is -0.370. The van der Waals surface area contributed by atoms with Gasteiger partial charge in [0.1, 0.15) is 11.7 Å². The van der Waals surface area contributed by atoms with E-state index in [-0.39, 0.29) is 36.9 Å². The van der Waals surface area contributed by atoms with Gasteiger partial charge in [0, 0.05) is 19.8 Å². The Bertz CT molecular complexity index is 575. The average molecular weight is 293 g/mol. The molecule has 2 rings (SSSR count). The molecule has 1 atom stereocenters. The van der Waals surface area contributed by atoms with Crippen LogP contribution in [0.3, 0.4) is 0 Å². The number of morpholine rings is 1. The standard InChI is InChI=1S/C13H15N3O5/c1-14-11(17)9-7-21-6-5-16(9)12(18)10-8(13(19)20)3-2-4-15-10/h2-4,9H,5-7H2,1H3,(H,14,17)(H,19,20). The Morgan fingerprint density at radius 2 is 2.24 bits per heavy atom. The van der Waals surface area contributed by atoms with Crippen LogP contribution in [0.5, 0.6) is 0 Å². The summed E-state index contributed by atoms with van der Waals surface area (Å²) in [6.45, 7) is 0.557. The predicted octanol–water partition coefficient (Wildman–Crippen LogP) is -0.633. The third kappa shape index (κ3) is 3.00. The van der Waals surface area contributed by atoms with Crippen LogP contribution in [0, 0.1) is 0 Å². The summed E-state index contributed by atoms with van der Waals surface area (Å²) in [4.78, 5) is 40.6. The number of nitrogens with zero attached hydrogens (tertiary/aromatic N) is 2. The highest BCUT2D eigenvalue weighted by atomic mass is 16.5. The first-order valence-corrected chi connectivity index (χ1v) is 6.35. The minimum atomic E-state index is -1.24. The second-order valence-electron chi connectivity index (χ2n) is 4.41. The molecule has 1 fully saturated rings. The number of aromatic nitrogens is 1. The van der Waals surface area contributed by atoms with E-state index in [9.17, 15) is 14.4 Å². The Morgan fingerprint density at radius 3 is 2.90 bits per heavy atom. The SMILES string of the molecule is CNC(=O)C1COCCN1C(=O)c1ncccc1C(=O)O. The molecule has 1 aromatic rings. The number of pyridine rings is 1. The van der Waals surface area contributed by atoms with Crippen molar-refractivity contribution in [2.75, 3.05) is 26.8 Å². The van der Waals surface area contributed by atoms with Crippen LogP contribution < -0.4 is 5.32 Å². The van der Waals surface area contributed by atoms with Crippen molar-refractivity contribution in [2.24, 2.45) is 0 Å². The monoisotopic (exact) mass is 293 g/mol. The van der Waals surface area contributed by atoms with Crippen LogP contribution in [0.4, 0.5) is 0 Å². The van der Waals surface area contributed by atoms with E-state index in [1.807, 2.05) is 0 Å². The number of carboxylic acid groups (broad SMARTS) is 1. The van der Waals surface area contributed by atoms with Crippen molar-refractivity contribution in [3.05, 3.63) is 29.6 Å². The van der Waals surface area contributed by atoms with Crippen molar-refractivity contribution in [3.8, 4) is 0 Å². The lowest BCUT2D eigenvalue weighted by molar-refractivity contribution is -0.130. The molecule has 0 radical (unpaired) electrons. The molecule has 1 aliphatic heterocycles. The van der Waals surface area contributed by atoms with Crippen LogP contribution in [-0.2, 0) is 9.53 Å². The molecule has 8 nitrogen and oxygen atoms in total. The summed E-state index contributed by atoms with van der Waals surface area (Å²) in [7, 11) is 1.46. The molecule has 2 N–H and O–H groups in total. The van der Waals surface area contributed by atoms with Gasteiger partial charge in [-0.25, -0.2) is 4.79 Å². The summed E-state index contributed by atoms with van der Waals surface area (Å²) in [6.07, 6.45) is 1.34.